The van der Waals surface area contributed by atoms with Gasteiger partial charge in [-0.3, -0.25) is 4.90 Å². The number of hydrogen-bond acceptors (Lipinski definition) is 3. The van der Waals surface area contributed by atoms with Gasteiger partial charge < -0.3 is 5.11 Å². The Kier molecular flexibility index (Phi) is 4.71. The topological polar surface area (TPSA) is 40.5 Å². The molecule has 0 spiro atoms. The van der Waals surface area contributed by atoms with Gasteiger partial charge in [-0.25, -0.2) is 4.79 Å². The Morgan fingerprint density at radius 3 is 2.58 bits per heavy atom. The van der Waals surface area contributed by atoms with Gasteiger partial charge in [0.2, 0.25) is 0 Å². The van der Waals surface area contributed by atoms with E-state index in [4.69, 9.17) is 5.11 Å². The molecule has 2 rings (SSSR count). The highest BCUT2D eigenvalue weighted by Gasteiger charge is 2.14. The molecule has 0 atom stereocenters. The maximum Gasteiger partial charge on any atom is 0.346 e. The molecule has 0 unspecified atom stereocenters. The van der Waals surface area contributed by atoms with Crippen LogP contribution in [-0.4, -0.2) is 22.5 Å². The molecule has 0 radical (unpaired) electrons. The minimum atomic E-state index is -0.833. The maximum atomic E-state index is 11.1. The number of carbonyl (C=O) groups is 1. The fourth-order valence-electron chi connectivity index (χ4n) is 2.01. The van der Waals surface area contributed by atoms with E-state index in [1.54, 1.807) is 0 Å². The summed E-state index contributed by atoms with van der Waals surface area (Å²) in [6.45, 7) is 4.50. The van der Waals surface area contributed by atoms with E-state index in [2.05, 4.69) is 24.0 Å². The Hall–Kier alpha value is -1.65. The lowest BCUT2D eigenvalue weighted by atomic mass is 10.2. The van der Waals surface area contributed by atoms with Crippen LogP contribution < -0.4 is 0 Å². The van der Waals surface area contributed by atoms with Gasteiger partial charge in [0, 0.05) is 13.1 Å². The van der Waals surface area contributed by atoms with Gasteiger partial charge in [-0.15, -0.1) is 11.3 Å². The van der Waals surface area contributed by atoms with E-state index < -0.39 is 5.97 Å². The monoisotopic (exact) mass is 275 g/mol. The van der Waals surface area contributed by atoms with Gasteiger partial charge in [-0.2, -0.15) is 0 Å². The average Bonchev–Trinajstić information content (AvgIpc) is 2.87. The van der Waals surface area contributed by atoms with E-state index in [0.29, 0.717) is 11.4 Å². The zero-order valence-electron chi connectivity index (χ0n) is 10.9. The molecule has 0 saturated carbocycles. The van der Waals surface area contributed by atoms with Crippen LogP contribution in [0.2, 0.25) is 0 Å². The predicted octanol–water partition coefficient (Wildman–Crippen LogP) is 3.47. The summed E-state index contributed by atoms with van der Waals surface area (Å²) < 4.78 is 0. The van der Waals surface area contributed by atoms with Gasteiger partial charge in [-0.05, 0) is 29.1 Å². The largest absolute Gasteiger partial charge is 0.477 e. The second kappa shape index (κ2) is 6.50. The summed E-state index contributed by atoms with van der Waals surface area (Å²) in [5.74, 6) is -0.833. The Bertz CT molecular complexity index is 536. The SMILES string of the molecule is CCN(Cc1ccccc1)Cc1ccsc1C(=O)O. The minimum absolute atomic E-state index is 0.450. The Labute approximate surface area is 117 Å². The summed E-state index contributed by atoms with van der Waals surface area (Å²) in [5, 5.41) is 11.0. The lowest BCUT2D eigenvalue weighted by Gasteiger charge is -2.20. The van der Waals surface area contributed by atoms with E-state index in [0.717, 1.165) is 18.7 Å². The van der Waals surface area contributed by atoms with Crippen molar-refractivity contribution in [2.45, 2.75) is 20.0 Å². The third-order valence-electron chi connectivity index (χ3n) is 3.03. The molecule has 2 aromatic rings. The quantitative estimate of drug-likeness (QED) is 0.877. The molecule has 0 fully saturated rings. The number of nitrogens with zero attached hydrogens (tertiary/aromatic N) is 1. The molecule has 0 aliphatic rings. The van der Waals surface area contributed by atoms with Crippen LogP contribution in [0, 0.1) is 0 Å². The van der Waals surface area contributed by atoms with Crippen LogP contribution in [0.15, 0.2) is 41.8 Å². The lowest BCUT2D eigenvalue weighted by molar-refractivity contribution is 0.0700. The summed E-state index contributed by atoms with van der Waals surface area (Å²) in [7, 11) is 0. The highest BCUT2D eigenvalue weighted by Crippen LogP contribution is 2.19. The van der Waals surface area contributed by atoms with Gasteiger partial charge >= 0.3 is 5.97 Å². The van der Waals surface area contributed by atoms with Crippen LogP contribution in [0.5, 0.6) is 0 Å². The van der Waals surface area contributed by atoms with Gasteiger partial charge in [0.25, 0.3) is 0 Å². The number of carboxylic acids is 1. The first-order valence-corrected chi connectivity index (χ1v) is 7.14. The molecular weight excluding hydrogens is 258 g/mol. The molecule has 0 saturated heterocycles. The van der Waals surface area contributed by atoms with Gasteiger partial charge in [-0.1, -0.05) is 37.3 Å². The van der Waals surface area contributed by atoms with Crippen molar-refractivity contribution in [2.24, 2.45) is 0 Å². The van der Waals surface area contributed by atoms with Crippen LogP contribution in [0.3, 0.4) is 0 Å². The minimum Gasteiger partial charge on any atom is -0.477 e. The number of aromatic carboxylic acids is 1. The van der Waals surface area contributed by atoms with E-state index in [1.165, 1.54) is 16.9 Å². The summed E-state index contributed by atoms with van der Waals surface area (Å²) in [5.41, 5.74) is 2.15. The lowest BCUT2D eigenvalue weighted by Crippen LogP contribution is -2.22. The second-order valence-corrected chi connectivity index (χ2v) is 5.29. The molecule has 3 nitrogen and oxygen atoms in total. The van der Waals surface area contributed by atoms with Crippen LogP contribution in [0.25, 0.3) is 0 Å². The third-order valence-corrected chi connectivity index (χ3v) is 3.98. The number of hydrogen-bond donors (Lipinski definition) is 1. The fourth-order valence-corrected chi connectivity index (χ4v) is 2.76. The summed E-state index contributed by atoms with van der Waals surface area (Å²) in [4.78, 5) is 13.8. The van der Waals surface area contributed by atoms with Crippen molar-refractivity contribution in [2.75, 3.05) is 6.54 Å². The Morgan fingerprint density at radius 2 is 1.95 bits per heavy atom. The predicted molar refractivity (Wildman–Crippen MR) is 77.5 cm³/mol. The number of rotatable bonds is 6. The highest BCUT2D eigenvalue weighted by atomic mass is 32.1. The first-order chi connectivity index (χ1) is 9.20. The van der Waals surface area contributed by atoms with Crippen molar-refractivity contribution >= 4 is 17.3 Å². The molecule has 0 aliphatic heterocycles. The normalized spacial score (nSPS) is 10.8. The van der Waals surface area contributed by atoms with Gasteiger partial charge in [0.05, 0.1) is 0 Å². The number of carboxylic acid groups (broad SMARTS) is 1. The van der Waals surface area contributed by atoms with Crippen molar-refractivity contribution in [3.8, 4) is 0 Å². The number of thiophene rings is 1. The van der Waals surface area contributed by atoms with E-state index in [9.17, 15) is 4.79 Å². The first-order valence-electron chi connectivity index (χ1n) is 6.26. The molecule has 0 amide bonds. The summed E-state index contributed by atoms with van der Waals surface area (Å²) in [6.07, 6.45) is 0. The molecule has 1 N–H and O–H groups in total. The fraction of sp³-hybridized carbons (Fsp3) is 0.267. The summed E-state index contributed by atoms with van der Waals surface area (Å²) >= 11 is 1.29. The molecule has 19 heavy (non-hydrogen) atoms. The van der Waals surface area contributed by atoms with Crippen LogP contribution in [0.1, 0.15) is 27.7 Å². The average molecular weight is 275 g/mol. The highest BCUT2D eigenvalue weighted by molar-refractivity contribution is 7.12. The maximum absolute atomic E-state index is 11.1. The Balaban J connectivity index is 2.07. The summed E-state index contributed by atoms with van der Waals surface area (Å²) in [6, 6.07) is 12.1. The molecule has 1 heterocycles. The smallest absolute Gasteiger partial charge is 0.346 e. The van der Waals surface area contributed by atoms with E-state index in [1.807, 2.05) is 29.6 Å². The standard InChI is InChI=1S/C15H17NO2S/c1-2-16(10-12-6-4-3-5-7-12)11-13-8-9-19-14(13)15(17)18/h3-9H,2,10-11H2,1H3,(H,17,18). The van der Waals surface area contributed by atoms with Crippen molar-refractivity contribution in [3.05, 3.63) is 57.8 Å². The van der Waals surface area contributed by atoms with E-state index >= 15 is 0 Å². The first kappa shape index (κ1) is 13.8. The van der Waals surface area contributed by atoms with Crippen LogP contribution in [-0.2, 0) is 13.1 Å². The molecule has 0 aliphatic carbocycles. The Morgan fingerprint density at radius 1 is 1.21 bits per heavy atom. The van der Waals surface area contributed by atoms with Crippen LogP contribution in [0.4, 0.5) is 0 Å². The molecule has 4 heteroatoms. The molecule has 100 valence electrons. The van der Waals surface area contributed by atoms with Crippen molar-refractivity contribution in [3.63, 3.8) is 0 Å². The van der Waals surface area contributed by atoms with Crippen molar-refractivity contribution in [1.82, 2.24) is 4.90 Å². The van der Waals surface area contributed by atoms with Gasteiger partial charge in [0.15, 0.2) is 0 Å². The molecule has 1 aromatic heterocycles. The molecule has 1 aromatic carbocycles. The molecular formula is C15H17NO2S. The molecule has 0 bridgehead atoms. The zero-order valence-corrected chi connectivity index (χ0v) is 11.7. The van der Waals surface area contributed by atoms with Crippen molar-refractivity contribution in [1.29, 1.82) is 0 Å². The van der Waals surface area contributed by atoms with Gasteiger partial charge in [0.1, 0.15) is 4.88 Å². The van der Waals surface area contributed by atoms with Crippen LogP contribution >= 0.6 is 11.3 Å². The van der Waals surface area contributed by atoms with E-state index in [-0.39, 0.29) is 0 Å². The third kappa shape index (κ3) is 3.66. The second-order valence-electron chi connectivity index (χ2n) is 4.37. The number of benzene rings is 1. The zero-order chi connectivity index (χ0) is 13.7. The van der Waals surface area contributed by atoms with Crippen molar-refractivity contribution < 1.29 is 9.90 Å².